The van der Waals surface area contributed by atoms with Gasteiger partial charge in [-0.2, -0.15) is 21.6 Å². The summed E-state index contributed by atoms with van der Waals surface area (Å²) in [7, 11) is -5.60. The Morgan fingerprint density at radius 3 is 2.31 bits per heavy atom. The third-order valence-electron chi connectivity index (χ3n) is 1.60. The SMILES string of the molecule is O=S(=O)(Oc1ccccc1CBr)C(F)(F)F. The van der Waals surface area contributed by atoms with Crippen LogP contribution in [0.15, 0.2) is 24.3 Å². The molecule has 0 aliphatic rings. The molecule has 0 aliphatic carbocycles. The molecule has 0 fully saturated rings. The van der Waals surface area contributed by atoms with Crippen molar-refractivity contribution in [2.24, 2.45) is 0 Å². The molecule has 0 bridgehead atoms. The van der Waals surface area contributed by atoms with E-state index < -0.39 is 15.6 Å². The Bertz CT molecular complexity index is 470. The average Bonchev–Trinajstić information content (AvgIpc) is 2.16. The molecule has 0 saturated heterocycles. The summed E-state index contributed by atoms with van der Waals surface area (Å²) in [5, 5.41) is 0.191. The summed E-state index contributed by atoms with van der Waals surface area (Å²) in [6, 6.07) is 5.55. The zero-order chi connectivity index (χ0) is 12.4. The molecule has 16 heavy (non-hydrogen) atoms. The minimum Gasteiger partial charge on any atom is -0.376 e. The fourth-order valence-corrected chi connectivity index (χ4v) is 1.82. The Morgan fingerprint density at radius 2 is 1.81 bits per heavy atom. The highest BCUT2D eigenvalue weighted by molar-refractivity contribution is 9.08. The third kappa shape index (κ3) is 2.88. The van der Waals surface area contributed by atoms with Crippen LogP contribution in [0.5, 0.6) is 5.75 Å². The van der Waals surface area contributed by atoms with Crippen LogP contribution in [0.2, 0.25) is 0 Å². The van der Waals surface area contributed by atoms with Gasteiger partial charge in [0.1, 0.15) is 5.75 Å². The normalized spacial score (nSPS) is 12.5. The summed E-state index contributed by atoms with van der Waals surface area (Å²) < 4.78 is 61.5. The van der Waals surface area contributed by atoms with Gasteiger partial charge in [-0.25, -0.2) is 0 Å². The van der Waals surface area contributed by atoms with Crippen LogP contribution in [-0.2, 0) is 15.4 Å². The number of alkyl halides is 4. The van der Waals surface area contributed by atoms with Crippen molar-refractivity contribution in [3.8, 4) is 5.75 Å². The van der Waals surface area contributed by atoms with Crippen LogP contribution in [0.4, 0.5) is 13.2 Å². The highest BCUT2D eigenvalue weighted by atomic mass is 79.9. The smallest absolute Gasteiger partial charge is 0.376 e. The second-order valence-electron chi connectivity index (χ2n) is 2.72. The molecule has 0 radical (unpaired) electrons. The molecular formula is C8H6BrF3O3S. The van der Waals surface area contributed by atoms with Crippen molar-refractivity contribution in [3.05, 3.63) is 29.8 Å². The standard InChI is InChI=1S/C8H6BrF3O3S/c9-5-6-3-1-2-4-7(6)15-16(13,14)8(10,11)12/h1-4H,5H2. The van der Waals surface area contributed by atoms with Crippen molar-refractivity contribution in [3.63, 3.8) is 0 Å². The zero-order valence-corrected chi connectivity index (χ0v) is 10.1. The van der Waals surface area contributed by atoms with Gasteiger partial charge in [0.05, 0.1) is 0 Å². The van der Waals surface area contributed by atoms with Gasteiger partial charge in [-0.15, -0.1) is 0 Å². The summed E-state index contributed by atoms with van der Waals surface area (Å²) in [5.74, 6) is -0.336. The van der Waals surface area contributed by atoms with Crippen LogP contribution in [0, 0.1) is 0 Å². The van der Waals surface area contributed by atoms with Gasteiger partial charge in [0.2, 0.25) is 0 Å². The maximum Gasteiger partial charge on any atom is 0.534 e. The number of para-hydroxylation sites is 1. The fraction of sp³-hybridized carbons (Fsp3) is 0.250. The Hall–Kier alpha value is -0.760. The number of hydrogen-bond donors (Lipinski definition) is 0. The van der Waals surface area contributed by atoms with Gasteiger partial charge in [0, 0.05) is 10.9 Å². The lowest BCUT2D eigenvalue weighted by molar-refractivity contribution is -0.0500. The van der Waals surface area contributed by atoms with Crippen LogP contribution in [0.1, 0.15) is 5.56 Å². The molecule has 1 aromatic carbocycles. The Balaban J connectivity index is 3.06. The number of halogens is 4. The first-order chi connectivity index (χ1) is 7.28. The van der Waals surface area contributed by atoms with Gasteiger partial charge >= 0.3 is 15.6 Å². The highest BCUT2D eigenvalue weighted by Crippen LogP contribution is 2.29. The molecule has 90 valence electrons. The van der Waals surface area contributed by atoms with Crippen molar-refractivity contribution in [2.45, 2.75) is 10.8 Å². The monoisotopic (exact) mass is 318 g/mol. The molecule has 0 spiro atoms. The first kappa shape index (κ1) is 13.3. The molecule has 0 amide bonds. The molecule has 1 rings (SSSR count). The maximum atomic E-state index is 12.0. The molecule has 0 atom stereocenters. The lowest BCUT2D eigenvalue weighted by Crippen LogP contribution is -2.28. The molecule has 0 saturated carbocycles. The molecule has 0 unspecified atom stereocenters. The van der Waals surface area contributed by atoms with E-state index in [1.807, 2.05) is 0 Å². The molecule has 0 aliphatic heterocycles. The van der Waals surface area contributed by atoms with Crippen molar-refractivity contribution in [1.82, 2.24) is 0 Å². The number of rotatable bonds is 3. The first-order valence-corrected chi connectivity index (χ1v) is 6.45. The van der Waals surface area contributed by atoms with Gasteiger partial charge in [-0.05, 0) is 6.07 Å². The van der Waals surface area contributed by atoms with Gasteiger partial charge in [0.15, 0.2) is 0 Å². The summed E-state index contributed by atoms with van der Waals surface area (Å²) in [4.78, 5) is 0. The second-order valence-corrected chi connectivity index (χ2v) is 4.82. The Labute approximate surface area is 98.5 Å². The van der Waals surface area contributed by atoms with E-state index in [9.17, 15) is 21.6 Å². The predicted octanol–water partition coefficient (Wildman–Crippen LogP) is 2.81. The van der Waals surface area contributed by atoms with Gasteiger partial charge in [0.25, 0.3) is 0 Å². The molecular weight excluding hydrogens is 313 g/mol. The summed E-state index contributed by atoms with van der Waals surface area (Å²) in [6.07, 6.45) is 0. The summed E-state index contributed by atoms with van der Waals surface area (Å²) >= 11 is 3.01. The largest absolute Gasteiger partial charge is 0.534 e. The van der Waals surface area contributed by atoms with Crippen molar-refractivity contribution in [2.75, 3.05) is 0 Å². The van der Waals surface area contributed by atoms with E-state index in [2.05, 4.69) is 20.1 Å². The van der Waals surface area contributed by atoms with Crippen LogP contribution in [0.25, 0.3) is 0 Å². The van der Waals surface area contributed by atoms with Crippen molar-refractivity contribution >= 4 is 26.0 Å². The zero-order valence-electron chi connectivity index (χ0n) is 7.66. The Morgan fingerprint density at radius 1 is 1.25 bits per heavy atom. The van der Waals surface area contributed by atoms with Gasteiger partial charge < -0.3 is 4.18 Å². The minimum absolute atomic E-state index is 0.191. The van der Waals surface area contributed by atoms with Crippen LogP contribution < -0.4 is 4.18 Å². The second kappa shape index (κ2) is 4.62. The van der Waals surface area contributed by atoms with E-state index in [0.29, 0.717) is 5.56 Å². The van der Waals surface area contributed by atoms with Crippen molar-refractivity contribution < 1.29 is 25.8 Å². The van der Waals surface area contributed by atoms with E-state index in [-0.39, 0.29) is 11.1 Å². The topological polar surface area (TPSA) is 43.4 Å². The third-order valence-corrected chi connectivity index (χ3v) is 3.17. The Kier molecular flexibility index (Phi) is 3.84. The molecule has 3 nitrogen and oxygen atoms in total. The summed E-state index contributed by atoms with van der Waals surface area (Å²) in [6.45, 7) is 0. The quantitative estimate of drug-likeness (QED) is 0.489. The highest BCUT2D eigenvalue weighted by Gasteiger charge is 2.48. The van der Waals surface area contributed by atoms with Gasteiger partial charge in [-0.3, -0.25) is 0 Å². The predicted molar refractivity (Wildman–Crippen MR) is 54.7 cm³/mol. The van der Waals surface area contributed by atoms with E-state index in [4.69, 9.17) is 0 Å². The average molecular weight is 319 g/mol. The molecule has 8 heteroatoms. The molecule has 0 N–H and O–H groups in total. The van der Waals surface area contributed by atoms with E-state index in [1.165, 1.54) is 12.1 Å². The summed E-state index contributed by atoms with van der Waals surface area (Å²) in [5.41, 5.74) is -5.11. The molecule has 1 aromatic rings. The van der Waals surface area contributed by atoms with Crippen molar-refractivity contribution in [1.29, 1.82) is 0 Å². The molecule has 0 aromatic heterocycles. The minimum atomic E-state index is -5.60. The van der Waals surface area contributed by atoms with Crippen LogP contribution in [-0.4, -0.2) is 13.9 Å². The lowest BCUT2D eigenvalue weighted by Gasteiger charge is -2.11. The van der Waals surface area contributed by atoms with Crippen LogP contribution >= 0.6 is 15.9 Å². The number of hydrogen-bond acceptors (Lipinski definition) is 3. The first-order valence-electron chi connectivity index (χ1n) is 3.92. The fourth-order valence-electron chi connectivity index (χ4n) is 0.861. The van der Waals surface area contributed by atoms with E-state index >= 15 is 0 Å². The van der Waals surface area contributed by atoms with E-state index in [1.54, 1.807) is 6.07 Å². The lowest BCUT2D eigenvalue weighted by atomic mass is 10.2. The van der Waals surface area contributed by atoms with Gasteiger partial charge in [-0.1, -0.05) is 34.1 Å². The maximum absolute atomic E-state index is 12.0. The van der Waals surface area contributed by atoms with E-state index in [0.717, 1.165) is 6.07 Å². The molecule has 0 heterocycles. The van der Waals surface area contributed by atoms with Crippen LogP contribution in [0.3, 0.4) is 0 Å². The number of benzene rings is 1.